The van der Waals surface area contributed by atoms with E-state index in [1.165, 1.54) is 0 Å². The summed E-state index contributed by atoms with van der Waals surface area (Å²) in [5.41, 5.74) is 5.24. The van der Waals surface area contributed by atoms with Gasteiger partial charge in [0.05, 0.1) is 6.54 Å². The third-order valence-corrected chi connectivity index (χ3v) is 1.46. The number of rotatable bonds is 2. The first-order valence-corrected chi connectivity index (χ1v) is 4.23. The minimum absolute atomic E-state index is 0.106. The fourth-order valence-electron chi connectivity index (χ4n) is 0.935. The molecular weight excluding hydrogens is 162 g/mol. The lowest BCUT2D eigenvalue weighted by molar-refractivity contribution is 0.279. The van der Waals surface area contributed by atoms with Crippen molar-refractivity contribution in [2.45, 2.75) is 13.0 Å². The Balaban J connectivity index is 2.50. The monoisotopic (exact) mass is 175 g/mol. The van der Waals surface area contributed by atoms with Crippen LogP contribution in [0.15, 0.2) is 30.3 Å². The van der Waals surface area contributed by atoms with E-state index >= 15 is 0 Å². The molecule has 0 radical (unpaired) electrons. The zero-order chi connectivity index (χ0) is 9.52. The SMILES string of the molecule is CC(C#CCN)Oc1ccccc1. The molecule has 0 saturated carbocycles. The first-order chi connectivity index (χ1) is 6.33. The molecule has 0 amide bonds. The standard InChI is InChI=1S/C11H13NO/c1-10(6-5-9-12)13-11-7-3-2-4-8-11/h2-4,7-8,10H,9,12H2,1H3. The van der Waals surface area contributed by atoms with E-state index in [-0.39, 0.29) is 6.10 Å². The van der Waals surface area contributed by atoms with Crippen molar-refractivity contribution in [3.05, 3.63) is 30.3 Å². The third kappa shape index (κ3) is 3.64. The van der Waals surface area contributed by atoms with Gasteiger partial charge in [0.25, 0.3) is 0 Å². The molecule has 68 valence electrons. The number of benzene rings is 1. The molecule has 2 nitrogen and oxygen atoms in total. The molecule has 2 N–H and O–H groups in total. The molecule has 0 spiro atoms. The molecule has 0 aromatic heterocycles. The first-order valence-electron chi connectivity index (χ1n) is 4.23. The molecule has 1 aromatic rings. The highest BCUT2D eigenvalue weighted by atomic mass is 16.5. The summed E-state index contributed by atoms with van der Waals surface area (Å²) in [6, 6.07) is 9.61. The molecule has 13 heavy (non-hydrogen) atoms. The maximum Gasteiger partial charge on any atom is 0.156 e. The normalized spacial score (nSPS) is 11.2. The fourth-order valence-corrected chi connectivity index (χ4v) is 0.935. The second-order valence-electron chi connectivity index (χ2n) is 2.60. The fraction of sp³-hybridized carbons (Fsp3) is 0.273. The maximum absolute atomic E-state index is 5.49. The summed E-state index contributed by atoms with van der Waals surface area (Å²) in [5.74, 6) is 6.49. The van der Waals surface area contributed by atoms with Gasteiger partial charge in [0.1, 0.15) is 5.75 Å². The summed E-state index contributed by atoms with van der Waals surface area (Å²) >= 11 is 0. The van der Waals surface area contributed by atoms with Gasteiger partial charge in [-0.15, -0.1) is 0 Å². The number of hydrogen-bond acceptors (Lipinski definition) is 2. The molecule has 0 aliphatic carbocycles. The average Bonchev–Trinajstić information content (AvgIpc) is 2.16. The average molecular weight is 175 g/mol. The van der Waals surface area contributed by atoms with E-state index < -0.39 is 0 Å². The van der Waals surface area contributed by atoms with Crippen LogP contribution in [0.1, 0.15) is 6.92 Å². The highest BCUT2D eigenvalue weighted by Crippen LogP contribution is 2.09. The summed E-state index contributed by atoms with van der Waals surface area (Å²) in [6.07, 6.45) is -0.106. The number of hydrogen-bond donors (Lipinski definition) is 1. The van der Waals surface area contributed by atoms with Crippen LogP contribution in [0, 0.1) is 11.8 Å². The topological polar surface area (TPSA) is 35.2 Å². The van der Waals surface area contributed by atoms with Crippen molar-refractivity contribution < 1.29 is 4.74 Å². The van der Waals surface area contributed by atoms with Gasteiger partial charge in [0.2, 0.25) is 0 Å². The lowest BCUT2D eigenvalue weighted by Crippen LogP contribution is -2.09. The Bertz CT molecular complexity index is 297. The Morgan fingerprint density at radius 2 is 2.08 bits per heavy atom. The molecule has 1 unspecified atom stereocenters. The lowest BCUT2D eigenvalue weighted by atomic mass is 10.3. The second kappa shape index (κ2) is 5.23. The van der Waals surface area contributed by atoms with Crippen molar-refractivity contribution in [1.29, 1.82) is 0 Å². The molecule has 2 heteroatoms. The maximum atomic E-state index is 5.49. The van der Waals surface area contributed by atoms with Crippen LogP contribution in [0.25, 0.3) is 0 Å². The van der Waals surface area contributed by atoms with Crippen LogP contribution in [0.4, 0.5) is 0 Å². The predicted octanol–water partition coefficient (Wildman–Crippen LogP) is 1.42. The highest BCUT2D eigenvalue weighted by molar-refractivity contribution is 5.22. The molecular formula is C11H13NO. The molecule has 0 fully saturated rings. The molecule has 1 rings (SSSR count). The van der Waals surface area contributed by atoms with Gasteiger partial charge in [-0.1, -0.05) is 30.0 Å². The van der Waals surface area contributed by atoms with Crippen molar-refractivity contribution in [1.82, 2.24) is 0 Å². The third-order valence-electron chi connectivity index (χ3n) is 1.46. The van der Waals surface area contributed by atoms with Crippen molar-refractivity contribution in [3.8, 4) is 17.6 Å². The van der Waals surface area contributed by atoms with Gasteiger partial charge >= 0.3 is 0 Å². The van der Waals surface area contributed by atoms with Gasteiger partial charge < -0.3 is 10.5 Å². The largest absolute Gasteiger partial charge is 0.478 e. The van der Waals surface area contributed by atoms with Crippen molar-refractivity contribution >= 4 is 0 Å². The van der Waals surface area contributed by atoms with Gasteiger partial charge in [0, 0.05) is 0 Å². The summed E-state index contributed by atoms with van der Waals surface area (Å²) in [5, 5.41) is 0. The number of ether oxygens (including phenoxy) is 1. The zero-order valence-electron chi connectivity index (χ0n) is 7.66. The minimum atomic E-state index is -0.106. The van der Waals surface area contributed by atoms with Crippen LogP contribution in [-0.2, 0) is 0 Å². The summed E-state index contributed by atoms with van der Waals surface area (Å²) < 4.78 is 5.49. The van der Waals surface area contributed by atoms with Gasteiger partial charge in [-0.2, -0.15) is 0 Å². The number of nitrogens with two attached hydrogens (primary N) is 1. The van der Waals surface area contributed by atoms with Crippen LogP contribution in [-0.4, -0.2) is 12.6 Å². The molecule has 0 heterocycles. The van der Waals surface area contributed by atoms with Crippen LogP contribution in [0.3, 0.4) is 0 Å². The van der Waals surface area contributed by atoms with E-state index in [9.17, 15) is 0 Å². The van der Waals surface area contributed by atoms with E-state index in [1.807, 2.05) is 37.3 Å². The predicted molar refractivity (Wildman–Crippen MR) is 53.4 cm³/mol. The summed E-state index contributed by atoms with van der Waals surface area (Å²) in [6.45, 7) is 2.28. The van der Waals surface area contributed by atoms with Crippen LogP contribution in [0.5, 0.6) is 5.75 Å². The molecule has 0 aliphatic heterocycles. The lowest BCUT2D eigenvalue weighted by Gasteiger charge is -2.07. The van der Waals surface area contributed by atoms with Crippen molar-refractivity contribution in [3.63, 3.8) is 0 Å². The van der Waals surface area contributed by atoms with Crippen LogP contribution < -0.4 is 10.5 Å². The Kier molecular flexibility index (Phi) is 3.87. The van der Waals surface area contributed by atoms with Gasteiger partial charge in [-0.05, 0) is 19.1 Å². The van der Waals surface area contributed by atoms with E-state index in [2.05, 4.69) is 11.8 Å². The highest BCUT2D eigenvalue weighted by Gasteiger charge is 1.96. The Morgan fingerprint density at radius 1 is 1.38 bits per heavy atom. The summed E-state index contributed by atoms with van der Waals surface area (Å²) in [4.78, 5) is 0. The molecule has 1 aromatic carbocycles. The second-order valence-corrected chi connectivity index (χ2v) is 2.60. The minimum Gasteiger partial charge on any atom is -0.478 e. The van der Waals surface area contributed by atoms with Crippen molar-refractivity contribution in [2.24, 2.45) is 5.73 Å². The smallest absolute Gasteiger partial charge is 0.156 e. The van der Waals surface area contributed by atoms with E-state index in [0.29, 0.717) is 6.54 Å². The quantitative estimate of drug-likeness (QED) is 0.690. The van der Waals surface area contributed by atoms with Crippen molar-refractivity contribution in [2.75, 3.05) is 6.54 Å². The molecule has 0 saturated heterocycles. The Hall–Kier alpha value is -1.46. The molecule has 0 bridgehead atoms. The van der Waals surface area contributed by atoms with E-state index in [0.717, 1.165) is 5.75 Å². The van der Waals surface area contributed by atoms with E-state index in [1.54, 1.807) is 0 Å². The molecule has 0 aliphatic rings. The molecule has 1 atom stereocenters. The van der Waals surface area contributed by atoms with E-state index in [4.69, 9.17) is 10.5 Å². The van der Waals surface area contributed by atoms with Crippen LogP contribution in [0.2, 0.25) is 0 Å². The first kappa shape index (κ1) is 9.63. The van der Waals surface area contributed by atoms with Crippen LogP contribution >= 0.6 is 0 Å². The Morgan fingerprint density at radius 3 is 2.69 bits per heavy atom. The summed E-state index contributed by atoms with van der Waals surface area (Å²) in [7, 11) is 0. The van der Waals surface area contributed by atoms with Gasteiger partial charge in [-0.3, -0.25) is 0 Å². The van der Waals surface area contributed by atoms with Gasteiger partial charge in [0.15, 0.2) is 6.10 Å². The Labute approximate surface area is 78.7 Å². The number of para-hydroxylation sites is 1. The zero-order valence-corrected chi connectivity index (χ0v) is 7.66. The van der Waals surface area contributed by atoms with Gasteiger partial charge in [-0.25, -0.2) is 0 Å².